The average molecular weight is 445 g/mol. The van der Waals surface area contributed by atoms with Gasteiger partial charge in [-0.25, -0.2) is 0 Å². The van der Waals surface area contributed by atoms with Crippen molar-refractivity contribution in [1.29, 1.82) is 0 Å². The minimum atomic E-state index is -0.663. The third-order valence-electron chi connectivity index (χ3n) is 6.15. The molecule has 30 heavy (non-hydrogen) atoms. The fourth-order valence-corrected chi connectivity index (χ4v) is 5.15. The van der Waals surface area contributed by atoms with Crippen LogP contribution in [0.5, 0.6) is 0 Å². The lowest BCUT2D eigenvalue weighted by Gasteiger charge is -2.38. The molecule has 0 N–H and O–H groups in total. The van der Waals surface area contributed by atoms with E-state index in [2.05, 4.69) is 42.6 Å². The SMILES string of the molecule is Cc1ccc(C2c3ccsc3CCN2C(=O)CN(C(=O)C(C)(C)CCl)C2CC2)cc1. The van der Waals surface area contributed by atoms with Crippen molar-refractivity contribution in [3.05, 3.63) is 57.3 Å². The second kappa shape index (κ2) is 8.35. The molecule has 2 aliphatic rings. The molecule has 1 fully saturated rings. The number of halogens is 1. The van der Waals surface area contributed by atoms with Crippen molar-refractivity contribution in [1.82, 2.24) is 9.80 Å². The topological polar surface area (TPSA) is 40.6 Å². The first-order valence-electron chi connectivity index (χ1n) is 10.6. The molecule has 2 heterocycles. The molecule has 1 aliphatic heterocycles. The van der Waals surface area contributed by atoms with Crippen molar-refractivity contribution in [3.63, 3.8) is 0 Å². The minimum Gasteiger partial charge on any atom is -0.330 e. The maximum atomic E-state index is 13.5. The first-order chi connectivity index (χ1) is 14.3. The maximum absolute atomic E-state index is 13.5. The van der Waals surface area contributed by atoms with Crippen molar-refractivity contribution in [2.75, 3.05) is 19.0 Å². The predicted octanol–water partition coefficient (Wildman–Crippen LogP) is 4.79. The average Bonchev–Trinajstić information content (AvgIpc) is 3.47. The molecule has 160 valence electrons. The van der Waals surface area contributed by atoms with Crippen LogP contribution in [0.2, 0.25) is 0 Å². The van der Waals surface area contributed by atoms with Gasteiger partial charge in [-0.2, -0.15) is 0 Å². The molecule has 0 bridgehead atoms. The lowest BCUT2D eigenvalue weighted by Crippen LogP contribution is -2.50. The normalized spacial score (nSPS) is 18.8. The molecule has 1 saturated carbocycles. The van der Waals surface area contributed by atoms with E-state index in [1.54, 1.807) is 16.2 Å². The summed E-state index contributed by atoms with van der Waals surface area (Å²) in [6.45, 7) is 6.59. The molecule has 1 aliphatic carbocycles. The van der Waals surface area contributed by atoms with Crippen LogP contribution >= 0.6 is 22.9 Å². The first kappa shape index (κ1) is 21.4. The van der Waals surface area contributed by atoms with E-state index in [4.69, 9.17) is 11.6 Å². The largest absolute Gasteiger partial charge is 0.330 e. The van der Waals surface area contributed by atoms with Gasteiger partial charge >= 0.3 is 0 Å². The number of rotatable bonds is 6. The quantitative estimate of drug-likeness (QED) is 0.601. The Morgan fingerprint density at radius 3 is 2.53 bits per heavy atom. The summed E-state index contributed by atoms with van der Waals surface area (Å²) in [5, 5.41) is 2.11. The lowest BCUT2D eigenvalue weighted by atomic mass is 9.92. The van der Waals surface area contributed by atoms with Crippen molar-refractivity contribution >= 4 is 34.8 Å². The number of fused-ring (bicyclic) bond motifs is 1. The van der Waals surface area contributed by atoms with E-state index < -0.39 is 5.41 Å². The van der Waals surface area contributed by atoms with Crippen molar-refractivity contribution in [2.45, 2.75) is 52.1 Å². The van der Waals surface area contributed by atoms with E-state index in [-0.39, 0.29) is 36.3 Å². The van der Waals surface area contributed by atoms with E-state index in [0.29, 0.717) is 6.54 Å². The van der Waals surface area contributed by atoms with E-state index in [1.807, 2.05) is 18.7 Å². The highest BCUT2D eigenvalue weighted by atomic mass is 35.5. The Balaban J connectivity index is 1.61. The van der Waals surface area contributed by atoms with Crippen molar-refractivity contribution in [3.8, 4) is 0 Å². The standard InChI is InChI=1S/C24H29ClN2O2S/c1-16-4-6-17(7-5-16)22-19-11-13-30-20(19)10-12-26(22)21(28)14-27(18-8-9-18)23(29)24(2,3)15-25/h4-7,11,13,18,22H,8-10,12,14-15H2,1-3H3. The Hall–Kier alpha value is -1.85. The zero-order valence-electron chi connectivity index (χ0n) is 17.9. The van der Waals surface area contributed by atoms with Gasteiger partial charge in [-0.1, -0.05) is 29.8 Å². The number of thiophene rings is 1. The van der Waals surface area contributed by atoms with Crippen molar-refractivity contribution < 1.29 is 9.59 Å². The Morgan fingerprint density at radius 1 is 1.20 bits per heavy atom. The molecular weight excluding hydrogens is 416 g/mol. The van der Waals surface area contributed by atoms with Crippen LogP contribution < -0.4 is 0 Å². The van der Waals surface area contributed by atoms with Crippen LogP contribution in [0.15, 0.2) is 35.7 Å². The summed E-state index contributed by atoms with van der Waals surface area (Å²) in [6, 6.07) is 10.7. The number of hydrogen-bond acceptors (Lipinski definition) is 3. The first-order valence-corrected chi connectivity index (χ1v) is 12.0. The molecule has 0 spiro atoms. The fraction of sp³-hybridized carbons (Fsp3) is 0.500. The number of carbonyl (C=O) groups is 2. The molecule has 0 radical (unpaired) electrons. The molecule has 6 heteroatoms. The molecule has 1 atom stereocenters. The van der Waals surface area contributed by atoms with E-state index in [0.717, 1.165) is 24.8 Å². The summed E-state index contributed by atoms with van der Waals surface area (Å²) in [5.74, 6) is 0.244. The zero-order chi connectivity index (χ0) is 21.5. The van der Waals surface area contributed by atoms with Gasteiger partial charge < -0.3 is 9.80 Å². The summed E-state index contributed by atoms with van der Waals surface area (Å²) < 4.78 is 0. The molecule has 2 aromatic rings. The van der Waals surface area contributed by atoms with Crippen LogP contribution in [0.1, 0.15) is 54.3 Å². The summed E-state index contributed by atoms with van der Waals surface area (Å²) in [7, 11) is 0. The smallest absolute Gasteiger partial charge is 0.243 e. The zero-order valence-corrected chi connectivity index (χ0v) is 19.4. The van der Waals surface area contributed by atoms with Gasteiger partial charge in [-0.05, 0) is 62.6 Å². The van der Waals surface area contributed by atoms with Gasteiger partial charge in [0.15, 0.2) is 0 Å². The third-order valence-corrected chi connectivity index (χ3v) is 7.81. The van der Waals surface area contributed by atoms with Gasteiger partial charge in [0.2, 0.25) is 11.8 Å². The van der Waals surface area contributed by atoms with E-state index >= 15 is 0 Å². The van der Waals surface area contributed by atoms with Crippen LogP contribution in [-0.4, -0.2) is 46.6 Å². The molecule has 1 aromatic carbocycles. The molecule has 1 aromatic heterocycles. The third kappa shape index (κ3) is 4.15. The monoisotopic (exact) mass is 444 g/mol. The number of amides is 2. The number of benzene rings is 1. The Morgan fingerprint density at radius 2 is 1.90 bits per heavy atom. The van der Waals surface area contributed by atoms with Crippen LogP contribution in [0.4, 0.5) is 0 Å². The highest BCUT2D eigenvalue weighted by Crippen LogP contribution is 2.39. The fourth-order valence-electron chi connectivity index (χ4n) is 4.13. The van der Waals surface area contributed by atoms with Crippen LogP contribution in [-0.2, 0) is 16.0 Å². The molecule has 0 saturated heterocycles. The number of aryl methyl sites for hydroxylation is 1. The number of hydrogen-bond donors (Lipinski definition) is 0. The van der Waals surface area contributed by atoms with E-state index in [1.165, 1.54) is 16.0 Å². The van der Waals surface area contributed by atoms with Gasteiger partial charge in [0, 0.05) is 23.3 Å². The second-order valence-corrected chi connectivity index (χ2v) is 10.4. The molecule has 1 unspecified atom stereocenters. The van der Waals surface area contributed by atoms with Crippen molar-refractivity contribution in [2.24, 2.45) is 5.41 Å². The van der Waals surface area contributed by atoms with Gasteiger partial charge in [0.25, 0.3) is 0 Å². The Kier molecular flexibility index (Phi) is 5.95. The van der Waals surface area contributed by atoms with Gasteiger partial charge in [0.1, 0.15) is 6.54 Å². The summed E-state index contributed by atoms with van der Waals surface area (Å²) in [5.41, 5.74) is 2.88. The number of alkyl halides is 1. The minimum absolute atomic E-state index is 0.0167. The predicted molar refractivity (Wildman–Crippen MR) is 122 cm³/mol. The van der Waals surface area contributed by atoms with Gasteiger partial charge in [-0.3, -0.25) is 9.59 Å². The number of carbonyl (C=O) groups excluding carboxylic acids is 2. The van der Waals surface area contributed by atoms with Crippen LogP contribution in [0.25, 0.3) is 0 Å². The lowest BCUT2D eigenvalue weighted by molar-refractivity contribution is -0.146. The summed E-state index contributed by atoms with van der Waals surface area (Å²) >= 11 is 7.82. The molecular formula is C24H29ClN2O2S. The van der Waals surface area contributed by atoms with E-state index in [9.17, 15) is 9.59 Å². The summed E-state index contributed by atoms with van der Waals surface area (Å²) in [6.07, 6.45) is 2.80. The van der Waals surface area contributed by atoms with Crippen LogP contribution in [0, 0.1) is 12.3 Å². The number of nitrogens with zero attached hydrogens (tertiary/aromatic N) is 2. The molecule has 4 nitrogen and oxygen atoms in total. The Labute approximate surface area is 187 Å². The van der Waals surface area contributed by atoms with Gasteiger partial charge in [-0.15, -0.1) is 22.9 Å². The molecule has 2 amide bonds. The second-order valence-electron chi connectivity index (χ2n) is 9.13. The highest BCUT2D eigenvalue weighted by Gasteiger charge is 2.42. The highest BCUT2D eigenvalue weighted by molar-refractivity contribution is 7.10. The Bertz CT molecular complexity index is 933. The van der Waals surface area contributed by atoms with Crippen LogP contribution in [0.3, 0.4) is 0 Å². The maximum Gasteiger partial charge on any atom is 0.243 e. The summed E-state index contributed by atoms with van der Waals surface area (Å²) in [4.78, 5) is 31.8. The van der Waals surface area contributed by atoms with Gasteiger partial charge in [0.05, 0.1) is 11.5 Å². The molecule has 4 rings (SSSR count).